The summed E-state index contributed by atoms with van der Waals surface area (Å²) in [5.41, 5.74) is 0.863. The van der Waals surface area contributed by atoms with Crippen LogP contribution >= 0.6 is 0 Å². The van der Waals surface area contributed by atoms with E-state index in [1.807, 2.05) is 37.3 Å². The molecule has 1 N–H and O–H groups in total. The third kappa shape index (κ3) is 3.67. The molecular formula is C16H22N2O2. The number of aromatic nitrogens is 2. The van der Waals surface area contributed by atoms with Crippen molar-refractivity contribution >= 4 is 0 Å². The van der Waals surface area contributed by atoms with Gasteiger partial charge in [-0.25, -0.2) is 0 Å². The Morgan fingerprint density at radius 3 is 2.50 bits per heavy atom. The molecule has 2 unspecified atom stereocenters. The zero-order valence-electron chi connectivity index (χ0n) is 12.3. The third-order valence-corrected chi connectivity index (χ3v) is 3.43. The minimum absolute atomic E-state index is 0.210. The SMILES string of the molecule is CC(C)CCc1noc(C(C)C(O)c2ccccc2)n1. The summed E-state index contributed by atoms with van der Waals surface area (Å²) in [4.78, 5) is 4.39. The van der Waals surface area contributed by atoms with Gasteiger partial charge in [0, 0.05) is 6.42 Å². The van der Waals surface area contributed by atoms with Crippen molar-refractivity contribution in [3.8, 4) is 0 Å². The Hall–Kier alpha value is -1.68. The van der Waals surface area contributed by atoms with Gasteiger partial charge < -0.3 is 9.63 Å². The molecule has 4 heteroatoms. The number of aliphatic hydroxyl groups is 1. The van der Waals surface area contributed by atoms with Crippen LogP contribution in [0.2, 0.25) is 0 Å². The van der Waals surface area contributed by atoms with E-state index in [9.17, 15) is 5.11 Å². The highest BCUT2D eigenvalue weighted by atomic mass is 16.5. The van der Waals surface area contributed by atoms with E-state index in [1.165, 1.54) is 0 Å². The van der Waals surface area contributed by atoms with Crippen LogP contribution in [0.5, 0.6) is 0 Å². The van der Waals surface area contributed by atoms with Crippen LogP contribution in [0.25, 0.3) is 0 Å². The maximum Gasteiger partial charge on any atom is 0.232 e. The van der Waals surface area contributed by atoms with Gasteiger partial charge in [0.15, 0.2) is 5.82 Å². The van der Waals surface area contributed by atoms with E-state index in [4.69, 9.17) is 4.52 Å². The first-order valence-electron chi connectivity index (χ1n) is 7.13. The fourth-order valence-electron chi connectivity index (χ4n) is 2.05. The summed E-state index contributed by atoms with van der Waals surface area (Å²) in [6.07, 6.45) is 1.22. The molecule has 2 aromatic rings. The van der Waals surface area contributed by atoms with Crippen LogP contribution in [0.15, 0.2) is 34.9 Å². The molecule has 20 heavy (non-hydrogen) atoms. The molecule has 0 saturated heterocycles. The highest BCUT2D eigenvalue weighted by Crippen LogP contribution is 2.29. The zero-order valence-corrected chi connectivity index (χ0v) is 12.3. The second-order valence-corrected chi connectivity index (χ2v) is 5.63. The largest absolute Gasteiger partial charge is 0.388 e. The van der Waals surface area contributed by atoms with E-state index < -0.39 is 6.10 Å². The van der Waals surface area contributed by atoms with Crippen LogP contribution in [-0.2, 0) is 6.42 Å². The van der Waals surface area contributed by atoms with Crippen LogP contribution in [0.3, 0.4) is 0 Å². The van der Waals surface area contributed by atoms with Crippen LogP contribution < -0.4 is 0 Å². The van der Waals surface area contributed by atoms with Crippen molar-refractivity contribution < 1.29 is 9.63 Å². The first kappa shape index (κ1) is 14.7. The second-order valence-electron chi connectivity index (χ2n) is 5.63. The normalized spacial score (nSPS) is 14.4. The van der Waals surface area contributed by atoms with E-state index in [1.54, 1.807) is 0 Å². The molecule has 2 atom stereocenters. The first-order chi connectivity index (χ1) is 9.58. The van der Waals surface area contributed by atoms with Crippen molar-refractivity contribution in [1.29, 1.82) is 0 Å². The average Bonchev–Trinajstić information content (AvgIpc) is 2.93. The molecule has 1 heterocycles. The van der Waals surface area contributed by atoms with Crippen molar-refractivity contribution in [3.05, 3.63) is 47.6 Å². The molecule has 0 radical (unpaired) electrons. The Morgan fingerprint density at radius 2 is 1.85 bits per heavy atom. The lowest BCUT2D eigenvalue weighted by molar-refractivity contribution is 0.135. The van der Waals surface area contributed by atoms with Crippen molar-refractivity contribution in [1.82, 2.24) is 10.1 Å². The zero-order chi connectivity index (χ0) is 14.5. The molecule has 1 aromatic carbocycles. The number of aryl methyl sites for hydroxylation is 1. The second kappa shape index (κ2) is 6.66. The molecule has 0 aliphatic carbocycles. The predicted molar refractivity (Wildman–Crippen MR) is 77.3 cm³/mol. The van der Waals surface area contributed by atoms with Crippen LogP contribution in [-0.4, -0.2) is 15.2 Å². The highest BCUT2D eigenvalue weighted by Gasteiger charge is 2.23. The fourth-order valence-corrected chi connectivity index (χ4v) is 2.05. The Morgan fingerprint density at radius 1 is 1.15 bits per heavy atom. The number of hydrogen-bond acceptors (Lipinski definition) is 4. The third-order valence-electron chi connectivity index (χ3n) is 3.43. The van der Waals surface area contributed by atoms with Crippen LogP contribution in [0.4, 0.5) is 0 Å². The van der Waals surface area contributed by atoms with Gasteiger partial charge in [0.25, 0.3) is 0 Å². The smallest absolute Gasteiger partial charge is 0.232 e. The molecule has 0 aliphatic rings. The molecular weight excluding hydrogens is 252 g/mol. The lowest BCUT2D eigenvalue weighted by atomic mass is 9.97. The van der Waals surface area contributed by atoms with Gasteiger partial charge in [-0.1, -0.05) is 56.3 Å². The molecule has 0 amide bonds. The van der Waals surface area contributed by atoms with Gasteiger partial charge in [0.2, 0.25) is 5.89 Å². The molecule has 0 spiro atoms. The Kier molecular flexibility index (Phi) is 4.90. The van der Waals surface area contributed by atoms with Gasteiger partial charge in [-0.2, -0.15) is 4.98 Å². The molecule has 0 saturated carbocycles. The van der Waals surface area contributed by atoms with Crippen molar-refractivity contribution in [2.75, 3.05) is 0 Å². The van der Waals surface area contributed by atoms with Gasteiger partial charge in [-0.15, -0.1) is 0 Å². The van der Waals surface area contributed by atoms with Crippen molar-refractivity contribution in [3.63, 3.8) is 0 Å². The molecule has 4 nitrogen and oxygen atoms in total. The van der Waals surface area contributed by atoms with Gasteiger partial charge in [0.1, 0.15) is 0 Å². The Labute approximate surface area is 119 Å². The van der Waals surface area contributed by atoms with E-state index in [0.717, 1.165) is 24.2 Å². The maximum absolute atomic E-state index is 10.3. The molecule has 108 valence electrons. The molecule has 0 bridgehead atoms. The van der Waals surface area contributed by atoms with Crippen LogP contribution in [0, 0.1) is 5.92 Å². The molecule has 0 fully saturated rings. The lowest BCUT2D eigenvalue weighted by Crippen LogP contribution is -2.08. The van der Waals surface area contributed by atoms with Crippen molar-refractivity contribution in [2.24, 2.45) is 5.92 Å². The summed E-state index contributed by atoms with van der Waals surface area (Å²) < 4.78 is 5.28. The quantitative estimate of drug-likeness (QED) is 0.876. The minimum Gasteiger partial charge on any atom is -0.388 e. The molecule has 2 rings (SSSR count). The number of rotatable bonds is 6. The minimum atomic E-state index is -0.630. The van der Waals surface area contributed by atoms with Gasteiger partial charge in [0.05, 0.1) is 12.0 Å². The lowest BCUT2D eigenvalue weighted by Gasteiger charge is -2.15. The number of hydrogen-bond donors (Lipinski definition) is 1. The molecule has 0 aliphatic heterocycles. The number of benzene rings is 1. The summed E-state index contributed by atoms with van der Waals surface area (Å²) in [6.45, 7) is 6.24. The summed E-state index contributed by atoms with van der Waals surface area (Å²) in [6, 6.07) is 9.55. The maximum atomic E-state index is 10.3. The Balaban J connectivity index is 2.04. The summed E-state index contributed by atoms with van der Waals surface area (Å²) in [7, 11) is 0. The standard InChI is InChI=1S/C16H22N2O2/c1-11(2)9-10-14-17-16(20-18-14)12(3)15(19)13-7-5-4-6-8-13/h4-8,11-12,15,19H,9-10H2,1-3H3. The van der Waals surface area contributed by atoms with E-state index in [0.29, 0.717) is 11.8 Å². The van der Waals surface area contributed by atoms with Gasteiger partial charge in [-0.3, -0.25) is 0 Å². The van der Waals surface area contributed by atoms with Gasteiger partial charge >= 0.3 is 0 Å². The monoisotopic (exact) mass is 274 g/mol. The summed E-state index contributed by atoms with van der Waals surface area (Å²) in [5.74, 6) is 1.63. The van der Waals surface area contributed by atoms with Crippen molar-refractivity contribution in [2.45, 2.75) is 45.6 Å². The van der Waals surface area contributed by atoms with E-state index >= 15 is 0 Å². The van der Waals surface area contributed by atoms with E-state index in [-0.39, 0.29) is 5.92 Å². The fraction of sp³-hybridized carbons (Fsp3) is 0.500. The average molecular weight is 274 g/mol. The van der Waals surface area contributed by atoms with Gasteiger partial charge in [-0.05, 0) is 17.9 Å². The summed E-state index contributed by atoms with van der Waals surface area (Å²) >= 11 is 0. The Bertz CT molecular complexity index is 522. The van der Waals surface area contributed by atoms with E-state index in [2.05, 4.69) is 24.0 Å². The highest BCUT2D eigenvalue weighted by molar-refractivity contribution is 5.20. The predicted octanol–water partition coefficient (Wildman–Crippen LogP) is 3.50. The first-order valence-corrected chi connectivity index (χ1v) is 7.13. The number of nitrogens with zero attached hydrogens (tertiary/aromatic N) is 2. The molecule has 1 aromatic heterocycles. The van der Waals surface area contributed by atoms with Crippen LogP contribution in [0.1, 0.15) is 56.5 Å². The number of aliphatic hydroxyl groups excluding tert-OH is 1. The summed E-state index contributed by atoms with van der Waals surface area (Å²) in [5, 5.41) is 14.3. The topological polar surface area (TPSA) is 59.2 Å².